The maximum Gasteiger partial charge on any atom is 0.0639 e. The van der Waals surface area contributed by atoms with Crippen LogP contribution in [0, 0.1) is 0 Å². The number of aliphatic hydroxyl groups is 1. The Morgan fingerprint density at radius 3 is 2.74 bits per heavy atom. The molecule has 4 nitrogen and oxygen atoms in total. The monoisotopic (exact) mass is 263 g/mol. The van der Waals surface area contributed by atoms with E-state index in [1.807, 2.05) is 19.3 Å². The zero-order valence-corrected chi connectivity index (χ0v) is 12.0. The number of rotatable bonds is 5. The lowest BCUT2D eigenvalue weighted by Gasteiger charge is -2.40. The largest absolute Gasteiger partial charge is 0.392 e. The van der Waals surface area contributed by atoms with Gasteiger partial charge in [0.05, 0.1) is 6.10 Å². The number of aliphatic hydroxyl groups excluding tert-OH is 1. The molecule has 1 fully saturated rings. The molecule has 1 aliphatic rings. The molecule has 2 rings (SSSR count). The van der Waals surface area contributed by atoms with Gasteiger partial charge in [-0.1, -0.05) is 0 Å². The Morgan fingerprint density at radius 1 is 1.37 bits per heavy atom. The average Bonchev–Trinajstić information content (AvgIpc) is 2.40. The molecule has 4 heteroatoms. The van der Waals surface area contributed by atoms with Crippen molar-refractivity contribution in [1.29, 1.82) is 0 Å². The van der Waals surface area contributed by atoms with Gasteiger partial charge >= 0.3 is 0 Å². The van der Waals surface area contributed by atoms with E-state index in [0.29, 0.717) is 6.04 Å². The first-order chi connectivity index (χ1) is 9.15. The summed E-state index contributed by atoms with van der Waals surface area (Å²) in [4.78, 5) is 8.95. The van der Waals surface area contributed by atoms with Gasteiger partial charge in [-0.05, 0) is 38.0 Å². The summed E-state index contributed by atoms with van der Waals surface area (Å²) < 4.78 is 0. The molecule has 0 aliphatic carbocycles. The van der Waals surface area contributed by atoms with Crippen LogP contribution in [0.3, 0.4) is 0 Å². The Kier molecular flexibility index (Phi) is 5.31. The molecule has 106 valence electrons. The number of β-amino-alcohol motifs (C(OH)–C–C–N with tert-alkyl or cyclic N) is 1. The first-order valence-corrected chi connectivity index (χ1v) is 7.18. The Balaban J connectivity index is 1.76. The summed E-state index contributed by atoms with van der Waals surface area (Å²) in [5, 5.41) is 9.48. The quantitative estimate of drug-likeness (QED) is 0.861. The predicted octanol–water partition coefficient (Wildman–Crippen LogP) is 1.01. The molecular weight excluding hydrogens is 238 g/mol. The lowest BCUT2D eigenvalue weighted by Crippen LogP contribution is -2.53. The van der Waals surface area contributed by atoms with E-state index in [1.54, 1.807) is 0 Å². The summed E-state index contributed by atoms with van der Waals surface area (Å²) >= 11 is 0. The Labute approximate surface area is 116 Å². The van der Waals surface area contributed by atoms with Crippen LogP contribution >= 0.6 is 0 Å². The molecule has 0 bridgehead atoms. The van der Waals surface area contributed by atoms with E-state index in [9.17, 15) is 5.11 Å². The zero-order chi connectivity index (χ0) is 13.7. The Bertz CT molecular complexity index is 369. The third kappa shape index (κ3) is 4.56. The van der Waals surface area contributed by atoms with E-state index >= 15 is 0 Å². The molecule has 1 aliphatic heterocycles. The molecule has 0 amide bonds. The molecule has 1 N–H and O–H groups in total. The van der Waals surface area contributed by atoms with Crippen LogP contribution in [0.4, 0.5) is 0 Å². The van der Waals surface area contributed by atoms with E-state index in [0.717, 1.165) is 39.1 Å². The minimum absolute atomic E-state index is 0.231. The number of pyridine rings is 1. The van der Waals surface area contributed by atoms with E-state index < -0.39 is 0 Å². The van der Waals surface area contributed by atoms with Gasteiger partial charge in [0.25, 0.3) is 0 Å². The van der Waals surface area contributed by atoms with Crippen LogP contribution in [0.5, 0.6) is 0 Å². The number of piperazine rings is 1. The van der Waals surface area contributed by atoms with Gasteiger partial charge in [0, 0.05) is 51.2 Å². The molecule has 1 aromatic heterocycles. The van der Waals surface area contributed by atoms with Crippen molar-refractivity contribution in [3.8, 4) is 0 Å². The molecular formula is C15H25N3O. The van der Waals surface area contributed by atoms with Gasteiger partial charge in [-0.2, -0.15) is 0 Å². The van der Waals surface area contributed by atoms with Gasteiger partial charge in [0.1, 0.15) is 0 Å². The van der Waals surface area contributed by atoms with Crippen LogP contribution in [-0.2, 0) is 6.42 Å². The fourth-order valence-electron chi connectivity index (χ4n) is 2.72. The van der Waals surface area contributed by atoms with Crippen LogP contribution in [-0.4, -0.2) is 64.8 Å². The van der Waals surface area contributed by atoms with Crippen molar-refractivity contribution in [3.63, 3.8) is 0 Å². The molecule has 19 heavy (non-hydrogen) atoms. The topological polar surface area (TPSA) is 39.6 Å². The molecule has 0 radical (unpaired) electrons. The van der Waals surface area contributed by atoms with E-state index in [-0.39, 0.29) is 6.10 Å². The molecule has 2 heterocycles. The van der Waals surface area contributed by atoms with E-state index in [1.165, 1.54) is 5.56 Å². The van der Waals surface area contributed by atoms with Crippen molar-refractivity contribution in [3.05, 3.63) is 30.1 Å². The highest BCUT2D eigenvalue weighted by molar-refractivity contribution is 5.10. The third-order valence-corrected chi connectivity index (χ3v) is 3.81. The van der Waals surface area contributed by atoms with Gasteiger partial charge in [-0.3, -0.25) is 9.88 Å². The molecule has 0 unspecified atom stereocenters. The van der Waals surface area contributed by atoms with E-state index in [2.05, 4.69) is 33.8 Å². The number of aromatic nitrogens is 1. The summed E-state index contributed by atoms with van der Waals surface area (Å²) in [5.41, 5.74) is 1.36. The summed E-state index contributed by atoms with van der Waals surface area (Å²) in [6.07, 6.45) is 4.58. The van der Waals surface area contributed by atoms with Crippen molar-refractivity contribution in [1.82, 2.24) is 14.8 Å². The normalized spacial score (nSPS) is 23.4. The maximum absolute atomic E-state index is 9.48. The first-order valence-electron chi connectivity index (χ1n) is 7.18. The second-order valence-corrected chi connectivity index (χ2v) is 5.60. The molecule has 0 saturated carbocycles. The second kappa shape index (κ2) is 6.98. The van der Waals surface area contributed by atoms with Crippen LogP contribution in [0.2, 0.25) is 0 Å². The Hall–Kier alpha value is -0.970. The first kappa shape index (κ1) is 14.4. The standard InChI is InChI=1S/C15H25N3O/c1-13-11-17(9-10-18(13)12-14(2)19)8-5-15-3-6-16-7-4-15/h3-4,6-7,13-14,19H,5,8-12H2,1-2H3/t13-,14-/m1/s1. The fourth-order valence-corrected chi connectivity index (χ4v) is 2.72. The third-order valence-electron chi connectivity index (χ3n) is 3.81. The van der Waals surface area contributed by atoms with Gasteiger partial charge < -0.3 is 10.0 Å². The zero-order valence-electron chi connectivity index (χ0n) is 12.0. The van der Waals surface area contributed by atoms with Crippen molar-refractivity contribution < 1.29 is 5.11 Å². The molecule has 0 aromatic carbocycles. The van der Waals surface area contributed by atoms with Gasteiger partial charge in [0.15, 0.2) is 0 Å². The van der Waals surface area contributed by atoms with E-state index in [4.69, 9.17) is 0 Å². The lowest BCUT2D eigenvalue weighted by molar-refractivity contribution is 0.0456. The van der Waals surface area contributed by atoms with Crippen molar-refractivity contribution in [2.45, 2.75) is 32.4 Å². The molecule has 1 saturated heterocycles. The van der Waals surface area contributed by atoms with Gasteiger partial charge in [-0.25, -0.2) is 0 Å². The number of nitrogens with zero attached hydrogens (tertiary/aromatic N) is 3. The second-order valence-electron chi connectivity index (χ2n) is 5.60. The minimum atomic E-state index is -0.231. The van der Waals surface area contributed by atoms with Crippen molar-refractivity contribution >= 4 is 0 Å². The summed E-state index contributed by atoms with van der Waals surface area (Å²) in [5.74, 6) is 0. The van der Waals surface area contributed by atoms with Gasteiger partial charge in [0.2, 0.25) is 0 Å². The van der Waals surface area contributed by atoms with Crippen molar-refractivity contribution in [2.24, 2.45) is 0 Å². The smallest absolute Gasteiger partial charge is 0.0639 e. The average molecular weight is 263 g/mol. The highest BCUT2D eigenvalue weighted by Gasteiger charge is 2.23. The van der Waals surface area contributed by atoms with Crippen LogP contribution in [0.15, 0.2) is 24.5 Å². The molecule has 0 spiro atoms. The summed E-state index contributed by atoms with van der Waals surface area (Å²) in [7, 11) is 0. The fraction of sp³-hybridized carbons (Fsp3) is 0.667. The Morgan fingerprint density at radius 2 is 2.11 bits per heavy atom. The highest BCUT2D eigenvalue weighted by Crippen LogP contribution is 2.11. The van der Waals surface area contributed by atoms with Crippen LogP contribution in [0.25, 0.3) is 0 Å². The van der Waals surface area contributed by atoms with Crippen LogP contribution < -0.4 is 0 Å². The van der Waals surface area contributed by atoms with Gasteiger partial charge in [-0.15, -0.1) is 0 Å². The van der Waals surface area contributed by atoms with Crippen molar-refractivity contribution in [2.75, 3.05) is 32.7 Å². The number of hydrogen-bond donors (Lipinski definition) is 1. The summed E-state index contributed by atoms with van der Waals surface area (Å²) in [6, 6.07) is 4.71. The molecule has 1 aromatic rings. The predicted molar refractivity (Wildman–Crippen MR) is 77.1 cm³/mol. The van der Waals surface area contributed by atoms with Crippen LogP contribution in [0.1, 0.15) is 19.4 Å². The lowest BCUT2D eigenvalue weighted by atomic mass is 10.1. The summed E-state index contributed by atoms with van der Waals surface area (Å²) in [6.45, 7) is 9.27. The highest BCUT2D eigenvalue weighted by atomic mass is 16.3. The SMILES string of the molecule is C[C@@H]1CN(CCc2ccncc2)CCN1C[C@@H](C)O. The maximum atomic E-state index is 9.48. The number of hydrogen-bond acceptors (Lipinski definition) is 4. The minimum Gasteiger partial charge on any atom is -0.392 e. The molecule has 2 atom stereocenters.